The molecular weight excluding hydrogens is 274 g/mol. The fourth-order valence-electron chi connectivity index (χ4n) is 2.48. The third-order valence-electron chi connectivity index (χ3n) is 3.83. The van der Waals surface area contributed by atoms with Gasteiger partial charge in [-0.2, -0.15) is 4.98 Å². The van der Waals surface area contributed by atoms with E-state index < -0.39 is 0 Å². The average Bonchev–Trinajstić information content (AvgIpc) is 2.95. The van der Waals surface area contributed by atoms with E-state index in [1.165, 1.54) is 5.56 Å². The molecule has 0 unspecified atom stereocenters. The predicted octanol–water partition coefficient (Wildman–Crippen LogP) is 3.41. The van der Waals surface area contributed by atoms with E-state index in [1.807, 2.05) is 30.3 Å². The van der Waals surface area contributed by atoms with Crippen LogP contribution < -0.4 is 5.32 Å². The first kappa shape index (κ1) is 14.6. The molecule has 0 aliphatic rings. The molecule has 0 bridgehead atoms. The number of hydrogen-bond donors (Lipinski definition) is 1. The molecule has 0 radical (unpaired) electrons. The van der Waals surface area contributed by atoms with Crippen molar-refractivity contribution in [2.75, 3.05) is 26.0 Å². The standard InChI is InChI=1S/C18H21N3O/c1-21(2)15(12-14-8-4-3-5-9-14)13-19-18-20-16-10-6-7-11-17(16)22-18/h3-11,15H,12-13H2,1-2H3,(H,19,20)/t15-/m1/s1. The summed E-state index contributed by atoms with van der Waals surface area (Å²) in [4.78, 5) is 6.68. The van der Waals surface area contributed by atoms with Gasteiger partial charge in [0.15, 0.2) is 5.58 Å². The van der Waals surface area contributed by atoms with E-state index in [-0.39, 0.29) is 0 Å². The van der Waals surface area contributed by atoms with E-state index in [2.05, 4.69) is 53.6 Å². The predicted molar refractivity (Wildman–Crippen MR) is 90.1 cm³/mol. The quantitative estimate of drug-likeness (QED) is 0.756. The van der Waals surface area contributed by atoms with Crippen molar-refractivity contribution in [3.8, 4) is 0 Å². The van der Waals surface area contributed by atoms with E-state index in [1.54, 1.807) is 0 Å². The summed E-state index contributed by atoms with van der Waals surface area (Å²) in [5, 5.41) is 3.32. The molecule has 0 saturated heterocycles. The number of hydrogen-bond acceptors (Lipinski definition) is 4. The third-order valence-corrected chi connectivity index (χ3v) is 3.83. The number of fused-ring (bicyclic) bond motifs is 1. The first-order valence-corrected chi connectivity index (χ1v) is 7.52. The molecule has 1 heterocycles. The van der Waals surface area contributed by atoms with Gasteiger partial charge in [0.05, 0.1) is 0 Å². The molecule has 0 aliphatic carbocycles. The zero-order valence-corrected chi connectivity index (χ0v) is 13.0. The van der Waals surface area contributed by atoms with Gasteiger partial charge in [-0.15, -0.1) is 0 Å². The molecule has 2 aromatic carbocycles. The highest BCUT2D eigenvalue weighted by atomic mass is 16.4. The zero-order valence-electron chi connectivity index (χ0n) is 13.0. The van der Waals surface area contributed by atoms with Crippen molar-refractivity contribution in [2.45, 2.75) is 12.5 Å². The Morgan fingerprint density at radius 3 is 2.50 bits per heavy atom. The molecule has 0 fully saturated rings. The monoisotopic (exact) mass is 295 g/mol. The second-order valence-electron chi connectivity index (χ2n) is 5.67. The van der Waals surface area contributed by atoms with Gasteiger partial charge in [0.25, 0.3) is 6.01 Å². The van der Waals surface area contributed by atoms with Gasteiger partial charge in [0.2, 0.25) is 0 Å². The lowest BCUT2D eigenvalue weighted by atomic mass is 10.1. The molecule has 0 amide bonds. The lowest BCUT2D eigenvalue weighted by molar-refractivity contribution is 0.302. The van der Waals surface area contributed by atoms with Crippen LogP contribution in [-0.4, -0.2) is 36.6 Å². The summed E-state index contributed by atoms with van der Waals surface area (Å²) in [6, 6.07) is 19.3. The number of benzene rings is 2. The van der Waals surface area contributed by atoms with Crippen molar-refractivity contribution in [1.82, 2.24) is 9.88 Å². The Bertz CT molecular complexity index is 688. The summed E-state index contributed by atoms with van der Waals surface area (Å²) in [6.45, 7) is 0.786. The lowest BCUT2D eigenvalue weighted by Gasteiger charge is -2.24. The second-order valence-corrected chi connectivity index (χ2v) is 5.67. The lowest BCUT2D eigenvalue weighted by Crippen LogP contribution is -2.36. The van der Waals surface area contributed by atoms with E-state index in [0.717, 1.165) is 24.1 Å². The molecule has 114 valence electrons. The number of likely N-dealkylation sites (N-methyl/N-ethyl adjacent to an activating group) is 1. The molecule has 4 heteroatoms. The van der Waals surface area contributed by atoms with E-state index >= 15 is 0 Å². The van der Waals surface area contributed by atoms with Gasteiger partial charge >= 0.3 is 0 Å². The summed E-state index contributed by atoms with van der Waals surface area (Å²) in [7, 11) is 4.20. The van der Waals surface area contributed by atoms with Crippen LogP contribution in [0.4, 0.5) is 6.01 Å². The first-order chi connectivity index (χ1) is 10.7. The van der Waals surface area contributed by atoms with Crippen LogP contribution in [0.2, 0.25) is 0 Å². The third kappa shape index (κ3) is 3.46. The summed E-state index contributed by atoms with van der Waals surface area (Å²) < 4.78 is 5.71. The largest absolute Gasteiger partial charge is 0.424 e. The Morgan fingerprint density at radius 2 is 1.77 bits per heavy atom. The van der Waals surface area contributed by atoms with Crippen LogP contribution in [0.15, 0.2) is 59.0 Å². The summed E-state index contributed by atoms with van der Waals surface area (Å²) in [5.41, 5.74) is 3.03. The highest BCUT2D eigenvalue weighted by Gasteiger charge is 2.13. The van der Waals surface area contributed by atoms with Gasteiger partial charge in [-0.05, 0) is 38.2 Å². The van der Waals surface area contributed by atoms with Crippen molar-refractivity contribution in [2.24, 2.45) is 0 Å². The van der Waals surface area contributed by atoms with Crippen LogP contribution in [0, 0.1) is 0 Å². The van der Waals surface area contributed by atoms with Crippen molar-refractivity contribution in [3.05, 3.63) is 60.2 Å². The number of oxazole rings is 1. The molecule has 4 nitrogen and oxygen atoms in total. The van der Waals surface area contributed by atoms with Crippen LogP contribution in [0.1, 0.15) is 5.56 Å². The molecule has 22 heavy (non-hydrogen) atoms. The fraction of sp³-hybridized carbons (Fsp3) is 0.278. The molecule has 0 spiro atoms. The minimum atomic E-state index is 0.373. The Labute approximate surface area is 130 Å². The van der Waals surface area contributed by atoms with E-state index in [4.69, 9.17) is 4.42 Å². The maximum atomic E-state index is 5.71. The zero-order chi connectivity index (χ0) is 15.4. The van der Waals surface area contributed by atoms with Crippen LogP contribution in [0.5, 0.6) is 0 Å². The number of anilines is 1. The highest BCUT2D eigenvalue weighted by Crippen LogP contribution is 2.18. The molecule has 3 rings (SSSR count). The Balaban J connectivity index is 1.66. The number of aromatic nitrogens is 1. The van der Waals surface area contributed by atoms with Gasteiger partial charge in [0, 0.05) is 12.6 Å². The molecule has 1 aromatic heterocycles. The van der Waals surface area contributed by atoms with Gasteiger partial charge < -0.3 is 14.6 Å². The molecule has 3 aromatic rings. The Morgan fingerprint density at radius 1 is 1.05 bits per heavy atom. The summed E-state index contributed by atoms with van der Waals surface area (Å²) >= 11 is 0. The first-order valence-electron chi connectivity index (χ1n) is 7.52. The highest BCUT2D eigenvalue weighted by molar-refractivity contribution is 5.74. The van der Waals surface area contributed by atoms with Crippen LogP contribution >= 0.6 is 0 Å². The van der Waals surface area contributed by atoms with Crippen molar-refractivity contribution in [3.63, 3.8) is 0 Å². The Kier molecular flexibility index (Phi) is 4.39. The minimum Gasteiger partial charge on any atom is -0.424 e. The smallest absolute Gasteiger partial charge is 0.295 e. The number of nitrogens with zero attached hydrogens (tertiary/aromatic N) is 2. The van der Waals surface area contributed by atoms with Gasteiger partial charge in [-0.3, -0.25) is 0 Å². The topological polar surface area (TPSA) is 41.3 Å². The van der Waals surface area contributed by atoms with Gasteiger partial charge in [-0.1, -0.05) is 42.5 Å². The van der Waals surface area contributed by atoms with Crippen molar-refractivity contribution in [1.29, 1.82) is 0 Å². The molecular formula is C18H21N3O. The van der Waals surface area contributed by atoms with E-state index in [0.29, 0.717) is 12.1 Å². The van der Waals surface area contributed by atoms with E-state index in [9.17, 15) is 0 Å². The number of nitrogens with one attached hydrogen (secondary N) is 1. The SMILES string of the molecule is CN(C)[C@@H](CNc1nc2ccccc2o1)Cc1ccccc1. The summed E-state index contributed by atoms with van der Waals surface area (Å²) in [5.74, 6) is 0. The van der Waals surface area contributed by atoms with Crippen LogP contribution in [0.25, 0.3) is 11.1 Å². The van der Waals surface area contributed by atoms with Gasteiger partial charge in [-0.25, -0.2) is 0 Å². The minimum absolute atomic E-state index is 0.373. The van der Waals surface area contributed by atoms with Crippen molar-refractivity contribution >= 4 is 17.1 Å². The second kappa shape index (κ2) is 6.62. The number of rotatable bonds is 6. The van der Waals surface area contributed by atoms with Gasteiger partial charge in [0.1, 0.15) is 5.52 Å². The summed E-state index contributed by atoms with van der Waals surface area (Å²) in [6.07, 6.45) is 0.987. The molecule has 1 N–H and O–H groups in total. The molecule has 0 aliphatic heterocycles. The molecule has 1 atom stereocenters. The van der Waals surface area contributed by atoms with Crippen molar-refractivity contribution < 1.29 is 4.42 Å². The normalized spacial score (nSPS) is 12.7. The fourth-order valence-corrected chi connectivity index (χ4v) is 2.48. The van der Waals surface area contributed by atoms with Crippen LogP contribution in [-0.2, 0) is 6.42 Å². The number of para-hydroxylation sites is 2. The maximum Gasteiger partial charge on any atom is 0.295 e. The maximum absolute atomic E-state index is 5.71. The average molecular weight is 295 g/mol. The Hall–Kier alpha value is -2.33. The van der Waals surface area contributed by atoms with Crippen LogP contribution in [0.3, 0.4) is 0 Å². The molecule has 0 saturated carbocycles.